The van der Waals surface area contributed by atoms with Crippen LogP contribution in [0.5, 0.6) is 0 Å². The predicted molar refractivity (Wildman–Crippen MR) is 248 cm³/mol. The van der Waals surface area contributed by atoms with E-state index < -0.39 is 81.8 Å². The van der Waals surface area contributed by atoms with Gasteiger partial charge < -0.3 is 62.5 Å². The first-order valence-corrected chi connectivity index (χ1v) is 26.4. The van der Waals surface area contributed by atoms with Crippen LogP contribution in [0.15, 0.2) is 52.3 Å². The number of carboxylic acid groups (broad SMARTS) is 4. The van der Waals surface area contributed by atoms with Gasteiger partial charge in [-0.1, -0.05) is 56.5 Å². The van der Waals surface area contributed by atoms with Crippen LogP contribution in [0.1, 0.15) is 21.4 Å². The van der Waals surface area contributed by atoms with Crippen molar-refractivity contribution in [2.45, 2.75) is 44.4 Å². The summed E-state index contributed by atoms with van der Waals surface area (Å²) in [5, 5.41) is 88.4. The monoisotopic (exact) mass is 1160 g/mol. The molecule has 368 valence electrons. The van der Waals surface area contributed by atoms with Gasteiger partial charge in [0.25, 0.3) is 23.6 Å². The second-order valence-corrected chi connectivity index (χ2v) is 22.4. The molecule has 8 heterocycles. The fraction of sp³-hybridized carbons (Fsp3) is 0.294. The SMILES string of the molecule is Nc1nc(C(=NO)C(=O)NC2C(=O)N3C(C(=O)[O-])=C(CSc4nnc(CC(=O)O)s4)CS[C@H]23)cs1.Nc1nc(C(=NO)C(=O)NC2C(=O)N3C(C(=O)[O-])=C(CSc4nnc(CC(=O)O)s4)CS[C@H]23)cs1.[Na+].[Na+]. The van der Waals surface area contributed by atoms with E-state index in [-0.39, 0.29) is 128 Å². The number of nitrogens with zero attached hydrogens (tertiary/aromatic N) is 10. The molecule has 4 aromatic heterocycles. The molecule has 0 aliphatic carbocycles. The summed E-state index contributed by atoms with van der Waals surface area (Å²) in [6.45, 7) is 0. The van der Waals surface area contributed by atoms with Crippen LogP contribution in [0.4, 0.5) is 10.3 Å². The van der Waals surface area contributed by atoms with Crippen molar-refractivity contribution in [3.63, 3.8) is 0 Å². The number of aromatic nitrogens is 6. The second-order valence-electron chi connectivity index (χ2n) is 13.9. The third kappa shape index (κ3) is 13.3. The van der Waals surface area contributed by atoms with Crippen LogP contribution in [0.3, 0.4) is 0 Å². The molecule has 2 unspecified atom stereocenters. The molecule has 38 heteroatoms. The standard InChI is InChI=1S/2C17H15N7O7S4.2Na/c2*18-16-19-6(4-33-16)9(23-31)12(27)20-10-13(28)24-11(15(29)30)5(2-32-14(10)24)3-34-17-22-21-7(35-17)1-8(25)26;;/h2*4,10,14,31H,1-3H2,(H2,18,19)(H,20,27)(H,25,26)(H,29,30);;/q;;2*+1/p-2/t2*10?,14-;;/m11../s1. The van der Waals surface area contributed by atoms with E-state index in [1.807, 2.05) is 0 Å². The topological polar surface area (TPSA) is 448 Å². The molecule has 8 rings (SSSR count). The zero-order valence-electron chi connectivity index (χ0n) is 36.5. The van der Waals surface area contributed by atoms with Crippen LogP contribution in [0.2, 0.25) is 0 Å². The van der Waals surface area contributed by atoms with E-state index >= 15 is 0 Å². The summed E-state index contributed by atoms with van der Waals surface area (Å²) in [5.41, 5.74) is 10.5. The first-order chi connectivity index (χ1) is 33.4. The van der Waals surface area contributed by atoms with E-state index in [4.69, 9.17) is 21.7 Å². The Morgan fingerprint density at radius 1 is 0.681 bits per heavy atom. The molecule has 28 nitrogen and oxygen atoms in total. The van der Waals surface area contributed by atoms with E-state index in [2.05, 4.69) is 51.3 Å². The van der Waals surface area contributed by atoms with Crippen LogP contribution in [-0.2, 0) is 51.2 Å². The van der Waals surface area contributed by atoms with Gasteiger partial charge in [0.2, 0.25) is 0 Å². The summed E-state index contributed by atoms with van der Waals surface area (Å²) in [4.78, 5) is 106. The number of hydrogen-bond donors (Lipinski definition) is 8. The number of thioether (sulfide) groups is 4. The number of amides is 4. The van der Waals surface area contributed by atoms with Gasteiger partial charge in [0.05, 0.1) is 36.2 Å². The van der Waals surface area contributed by atoms with Gasteiger partial charge in [0.1, 0.15) is 44.2 Å². The van der Waals surface area contributed by atoms with Crippen molar-refractivity contribution in [3.05, 3.63) is 54.7 Å². The number of carbonyl (C=O) groups excluding carboxylic acids is 6. The number of hydrogen-bond acceptors (Lipinski definition) is 30. The molecule has 2 saturated heterocycles. The van der Waals surface area contributed by atoms with Gasteiger partial charge in [-0.05, 0) is 11.1 Å². The molecule has 10 N–H and O–H groups in total. The molecule has 2 fully saturated rings. The summed E-state index contributed by atoms with van der Waals surface area (Å²) in [6.07, 6.45) is -0.534. The van der Waals surface area contributed by atoms with Crippen molar-refractivity contribution in [2.24, 2.45) is 10.3 Å². The molecular formula is C34H28N14Na2O14S8. The minimum absolute atomic E-state index is 0. The van der Waals surface area contributed by atoms with Gasteiger partial charge in [-0.25, -0.2) is 9.97 Å². The van der Waals surface area contributed by atoms with Crippen LogP contribution >= 0.6 is 92.4 Å². The Morgan fingerprint density at radius 3 is 1.36 bits per heavy atom. The number of carbonyl (C=O) groups is 8. The fourth-order valence-electron chi connectivity index (χ4n) is 6.50. The van der Waals surface area contributed by atoms with Crippen molar-refractivity contribution < 1.29 is 128 Å². The summed E-state index contributed by atoms with van der Waals surface area (Å²) >= 11 is 9.06. The Bertz CT molecular complexity index is 2750. The number of carboxylic acids is 4. The smallest absolute Gasteiger partial charge is 0.543 e. The Balaban J connectivity index is 0.000000260. The van der Waals surface area contributed by atoms with Crippen LogP contribution in [0.25, 0.3) is 0 Å². The maximum atomic E-state index is 12.8. The van der Waals surface area contributed by atoms with Gasteiger partial charge in [-0.2, -0.15) is 0 Å². The van der Waals surface area contributed by atoms with Crippen LogP contribution in [-0.4, -0.2) is 166 Å². The number of nitrogens with two attached hydrogens (primary N) is 2. The normalized spacial score (nSPS) is 19.3. The minimum atomic E-state index is -1.54. The third-order valence-corrected chi connectivity index (χ3v) is 17.8. The zero-order chi connectivity index (χ0) is 50.6. The first kappa shape index (κ1) is 58.4. The number of nitrogen functional groups attached to an aromatic ring is 2. The molecule has 4 amide bonds. The van der Waals surface area contributed by atoms with Gasteiger partial charge in [-0.3, -0.25) is 38.6 Å². The summed E-state index contributed by atoms with van der Waals surface area (Å²) in [6, 6.07) is -2.10. The molecular weight excluding hydrogens is 1130 g/mol. The van der Waals surface area contributed by atoms with Gasteiger partial charge in [-0.15, -0.1) is 66.6 Å². The molecule has 0 aromatic carbocycles. The van der Waals surface area contributed by atoms with Crippen molar-refractivity contribution in [1.82, 2.24) is 50.8 Å². The average molecular weight is 1160 g/mol. The number of anilines is 2. The molecule has 4 aliphatic rings. The van der Waals surface area contributed by atoms with E-state index in [9.17, 15) is 59.0 Å². The molecule has 0 radical (unpaired) electrons. The predicted octanol–water partition coefficient (Wildman–Crippen LogP) is -8.84. The number of fused-ring (bicyclic) bond motifs is 2. The van der Waals surface area contributed by atoms with Gasteiger partial charge >= 0.3 is 71.1 Å². The molecule has 4 atom stereocenters. The van der Waals surface area contributed by atoms with E-state index in [1.165, 1.54) is 34.3 Å². The Hall–Kier alpha value is -4.44. The van der Waals surface area contributed by atoms with Crippen molar-refractivity contribution >= 4 is 162 Å². The van der Waals surface area contributed by atoms with Gasteiger partial charge in [0.15, 0.2) is 30.4 Å². The minimum Gasteiger partial charge on any atom is -0.543 e. The molecule has 0 spiro atoms. The largest absolute Gasteiger partial charge is 1.00 e. The summed E-state index contributed by atoms with van der Waals surface area (Å²) < 4.78 is 0.911. The number of β-lactam (4-membered cyclic amide) rings is 2. The average Bonchev–Trinajstić information content (AvgIpc) is 4.15. The second kappa shape index (κ2) is 25.7. The van der Waals surface area contributed by atoms with Crippen molar-refractivity contribution in [1.29, 1.82) is 0 Å². The van der Waals surface area contributed by atoms with Crippen molar-refractivity contribution in [2.75, 3.05) is 34.5 Å². The Labute approximate surface area is 479 Å². The fourth-order valence-corrected chi connectivity index (χ4v) is 14.3. The number of nitrogens with one attached hydrogen (secondary N) is 2. The number of thiazole rings is 2. The summed E-state index contributed by atoms with van der Waals surface area (Å²) in [7, 11) is 0. The van der Waals surface area contributed by atoms with E-state index in [0.717, 1.165) is 78.7 Å². The van der Waals surface area contributed by atoms with Crippen LogP contribution in [0, 0.1) is 0 Å². The van der Waals surface area contributed by atoms with E-state index in [0.29, 0.717) is 29.8 Å². The molecule has 4 aromatic rings. The first-order valence-electron chi connectivity index (χ1n) is 19.0. The molecule has 0 bridgehead atoms. The number of oxime groups is 2. The van der Waals surface area contributed by atoms with Crippen molar-refractivity contribution in [3.8, 4) is 0 Å². The molecule has 4 aliphatic heterocycles. The number of aliphatic carboxylic acids is 4. The maximum absolute atomic E-state index is 12.8. The maximum Gasteiger partial charge on any atom is 1.00 e. The summed E-state index contributed by atoms with van der Waals surface area (Å²) in [5.74, 6) is -7.42. The number of rotatable bonds is 18. The Kier molecular flexibility index (Phi) is 20.8. The van der Waals surface area contributed by atoms with E-state index in [1.54, 1.807) is 0 Å². The third-order valence-electron chi connectivity index (χ3n) is 9.45. The quantitative estimate of drug-likeness (QED) is 0.0115. The molecule has 0 saturated carbocycles. The van der Waals surface area contributed by atoms with Crippen LogP contribution < -0.4 is 91.4 Å². The molecule has 72 heavy (non-hydrogen) atoms. The zero-order valence-corrected chi connectivity index (χ0v) is 47.0. The van der Waals surface area contributed by atoms with Gasteiger partial charge in [0, 0.05) is 33.8 Å². The Morgan fingerprint density at radius 2 is 1.06 bits per heavy atom.